The second-order valence-corrected chi connectivity index (χ2v) is 5.47. The first-order valence-electron chi connectivity index (χ1n) is 6.37. The molecule has 108 valence electrons. The van der Waals surface area contributed by atoms with Crippen molar-refractivity contribution < 1.29 is 19.1 Å². The summed E-state index contributed by atoms with van der Waals surface area (Å²) >= 11 is 1.47. The molecule has 0 saturated carbocycles. The van der Waals surface area contributed by atoms with Gasteiger partial charge in [-0.1, -0.05) is 6.07 Å². The lowest BCUT2D eigenvalue weighted by atomic mass is 10.0. The number of nitrogens with one attached hydrogen (secondary N) is 1. The quantitative estimate of drug-likeness (QED) is 0.866. The van der Waals surface area contributed by atoms with E-state index in [0.717, 1.165) is 4.88 Å². The van der Waals surface area contributed by atoms with Crippen LogP contribution >= 0.6 is 11.3 Å². The molecule has 0 aromatic carbocycles. The maximum Gasteiger partial charge on any atom is 0.337 e. The fourth-order valence-corrected chi connectivity index (χ4v) is 3.04. The van der Waals surface area contributed by atoms with Crippen LogP contribution in [0.4, 0.5) is 0 Å². The molecule has 2 heterocycles. The summed E-state index contributed by atoms with van der Waals surface area (Å²) in [5, 5.41) is 4.72. The Kier molecular flexibility index (Phi) is 4.13. The number of rotatable bonds is 4. The van der Waals surface area contributed by atoms with E-state index in [1.807, 2.05) is 17.5 Å². The standard InChI is InChI=1S/C14H17NO4S/c1-4-18-13(17)11-8-14(15-10(3)16,19-9(11)2)12-6-5-7-20-12/h5-7H,4,8H2,1-3H3,(H,15,16). The lowest BCUT2D eigenvalue weighted by Gasteiger charge is -2.29. The molecule has 5 nitrogen and oxygen atoms in total. The first-order chi connectivity index (χ1) is 9.48. The third-order valence-electron chi connectivity index (χ3n) is 3.00. The van der Waals surface area contributed by atoms with Crippen molar-refractivity contribution in [2.45, 2.75) is 32.9 Å². The van der Waals surface area contributed by atoms with Crippen LogP contribution in [0.2, 0.25) is 0 Å². The molecule has 1 amide bonds. The van der Waals surface area contributed by atoms with Crippen molar-refractivity contribution in [3.8, 4) is 0 Å². The van der Waals surface area contributed by atoms with Crippen molar-refractivity contribution in [1.29, 1.82) is 0 Å². The van der Waals surface area contributed by atoms with Crippen LogP contribution in [0.25, 0.3) is 0 Å². The SMILES string of the molecule is CCOC(=O)C1=C(C)OC(NC(C)=O)(c2cccs2)C1. The normalized spacial score (nSPS) is 21.6. The predicted molar refractivity (Wildman–Crippen MR) is 74.8 cm³/mol. The lowest BCUT2D eigenvalue weighted by Crippen LogP contribution is -2.44. The third-order valence-corrected chi connectivity index (χ3v) is 4.01. The van der Waals surface area contributed by atoms with E-state index >= 15 is 0 Å². The summed E-state index contributed by atoms with van der Waals surface area (Å²) in [6.45, 7) is 5.20. The highest BCUT2D eigenvalue weighted by Crippen LogP contribution is 2.41. The molecule has 0 radical (unpaired) electrons. The Labute approximate surface area is 121 Å². The summed E-state index contributed by atoms with van der Waals surface area (Å²) in [5.41, 5.74) is -0.527. The molecule has 1 unspecified atom stereocenters. The molecule has 1 N–H and O–H groups in total. The van der Waals surface area contributed by atoms with E-state index in [2.05, 4.69) is 5.32 Å². The summed E-state index contributed by atoms with van der Waals surface area (Å²) in [4.78, 5) is 24.3. The van der Waals surface area contributed by atoms with Crippen LogP contribution in [-0.2, 0) is 24.8 Å². The molecule has 2 rings (SSSR count). The summed E-state index contributed by atoms with van der Waals surface area (Å²) in [7, 11) is 0. The fraction of sp³-hybridized carbons (Fsp3) is 0.429. The molecule has 20 heavy (non-hydrogen) atoms. The van der Waals surface area contributed by atoms with Gasteiger partial charge < -0.3 is 14.8 Å². The molecule has 1 aliphatic heterocycles. The number of carbonyl (C=O) groups excluding carboxylic acids is 2. The molecule has 0 aliphatic carbocycles. The molecule has 0 bridgehead atoms. The monoisotopic (exact) mass is 295 g/mol. The summed E-state index contributed by atoms with van der Waals surface area (Å²) in [6, 6.07) is 3.76. The highest BCUT2D eigenvalue weighted by atomic mass is 32.1. The average molecular weight is 295 g/mol. The van der Waals surface area contributed by atoms with Crippen molar-refractivity contribution in [2.24, 2.45) is 0 Å². The largest absolute Gasteiger partial charge is 0.467 e. The van der Waals surface area contributed by atoms with Gasteiger partial charge in [-0.15, -0.1) is 11.3 Å². The molecule has 1 atom stereocenters. The Balaban J connectivity index is 2.30. The van der Waals surface area contributed by atoms with Gasteiger partial charge in [0.15, 0.2) is 0 Å². The van der Waals surface area contributed by atoms with Gasteiger partial charge >= 0.3 is 5.97 Å². The molecule has 6 heteroatoms. The predicted octanol–water partition coefficient (Wildman–Crippen LogP) is 2.29. The van der Waals surface area contributed by atoms with Crippen LogP contribution in [0, 0.1) is 0 Å². The number of amides is 1. The molecular formula is C14H17NO4S. The van der Waals surface area contributed by atoms with Gasteiger partial charge in [0.2, 0.25) is 11.6 Å². The number of carbonyl (C=O) groups is 2. The van der Waals surface area contributed by atoms with Gasteiger partial charge in [0, 0.05) is 13.3 Å². The number of hydrogen-bond acceptors (Lipinski definition) is 5. The van der Waals surface area contributed by atoms with Crippen LogP contribution in [-0.4, -0.2) is 18.5 Å². The first kappa shape index (κ1) is 14.6. The lowest BCUT2D eigenvalue weighted by molar-refractivity contribution is -0.139. The van der Waals surface area contributed by atoms with Gasteiger partial charge in [-0.2, -0.15) is 0 Å². The highest BCUT2D eigenvalue weighted by Gasteiger charge is 2.45. The average Bonchev–Trinajstić information content (AvgIpc) is 2.97. The third kappa shape index (κ3) is 2.70. The minimum atomic E-state index is -0.994. The molecule has 0 saturated heterocycles. The minimum absolute atomic E-state index is 0.212. The van der Waals surface area contributed by atoms with E-state index in [9.17, 15) is 9.59 Å². The van der Waals surface area contributed by atoms with Gasteiger partial charge in [0.1, 0.15) is 5.76 Å². The van der Waals surface area contributed by atoms with Crippen LogP contribution in [0.5, 0.6) is 0 Å². The number of thiophene rings is 1. The summed E-state index contributed by atoms with van der Waals surface area (Å²) in [6.07, 6.45) is 0.276. The fourth-order valence-electron chi connectivity index (χ4n) is 2.23. The smallest absolute Gasteiger partial charge is 0.337 e. The first-order valence-corrected chi connectivity index (χ1v) is 7.25. The van der Waals surface area contributed by atoms with Gasteiger partial charge in [0.25, 0.3) is 0 Å². The zero-order valence-electron chi connectivity index (χ0n) is 11.7. The number of esters is 1. The van der Waals surface area contributed by atoms with Crippen molar-refractivity contribution in [3.05, 3.63) is 33.7 Å². The van der Waals surface area contributed by atoms with Crippen LogP contribution < -0.4 is 5.32 Å². The summed E-state index contributed by atoms with van der Waals surface area (Å²) in [5.74, 6) is -0.115. The zero-order chi connectivity index (χ0) is 14.8. The molecule has 1 aromatic heterocycles. The Hall–Kier alpha value is -1.82. The van der Waals surface area contributed by atoms with Gasteiger partial charge in [-0.3, -0.25) is 4.79 Å². The number of hydrogen-bond donors (Lipinski definition) is 1. The maximum absolute atomic E-state index is 11.9. The van der Waals surface area contributed by atoms with Crippen LogP contribution in [0.1, 0.15) is 32.1 Å². The van der Waals surface area contributed by atoms with Crippen LogP contribution in [0.15, 0.2) is 28.8 Å². The second-order valence-electron chi connectivity index (χ2n) is 4.52. The van der Waals surface area contributed by atoms with Crippen molar-refractivity contribution in [1.82, 2.24) is 5.32 Å². The second kappa shape index (κ2) is 5.66. The Morgan fingerprint density at radius 1 is 1.55 bits per heavy atom. The molecule has 1 aliphatic rings. The number of allylic oxidation sites excluding steroid dienone is 1. The van der Waals surface area contributed by atoms with E-state index in [1.54, 1.807) is 13.8 Å². The molecule has 0 spiro atoms. The minimum Gasteiger partial charge on any atom is -0.467 e. The summed E-state index contributed by atoms with van der Waals surface area (Å²) < 4.78 is 10.9. The van der Waals surface area contributed by atoms with Crippen molar-refractivity contribution in [2.75, 3.05) is 6.61 Å². The Morgan fingerprint density at radius 2 is 2.30 bits per heavy atom. The van der Waals surface area contributed by atoms with Crippen LogP contribution in [0.3, 0.4) is 0 Å². The topological polar surface area (TPSA) is 64.6 Å². The van der Waals surface area contributed by atoms with E-state index in [0.29, 0.717) is 17.9 Å². The molecule has 1 aromatic rings. The van der Waals surface area contributed by atoms with E-state index in [4.69, 9.17) is 9.47 Å². The van der Waals surface area contributed by atoms with Crippen molar-refractivity contribution in [3.63, 3.8) is 0 Å². The van der Waals surface area contributed by atoms with Gasteiger partial charge in [0.05, 0.1) is 17.1 Å². The molecule has 0 fully saturated rings. The van der Waals surface area contributed by atoms with E-state index < -0.39 is 11.7 Å². The van der Waals surface area contributed by atoms with E-state index in [1.165, 1.54) is 18.3 Å². The molecular weight excluding hydrogens is 278 g/mol. The number of ether oxygens (including phenoxy) is 2. The highest BCUT2D eigenvalue weighted by molar-refractivity contribution is 7.10. The van der Waals surface area contributed by atoms with Gasteiger partial charge in [-0.25, -0.2) is 4.79 Å². The Morgan fingerprint density at radius 3 is 2.85 bits per heavy atom. The maximum atomic E-state index is 11.9. The Bertz CT molecular complexity index is 550. The zero-order valence-corrected chi connectivity index (χ0v) is 12.5. The van der Waals surface area contributed by atoms with Gasteiger partial charge in [-0.05, 0) is 25.3 Å². The van der Waals surface area contributed by atoms with Crippen molar-refractivity contribution >= 4 is 23.2 Å². The van der Waals surface area contributed by atoms with E-state index in [-0.39, 0.29) is 12.3 Å².